The molecule has 9 nitrogen and oxygen atoms in total. The quantitative estimate of drug-likeness (QED) is 0.199. The fourth-order valence-electron chi connectivity index (χ4n) is 2.65. The van der Waals surface area contributed by atoms with Crippen LogP contribution in [0.15, 0.2) is 40.1 Å². The fourth-order valence-corrected chi connectivity index (χ4v) is 4.08. The summed E-state index contributed by atoms with van der Waals surface area (Å²) < 4.78 is 47.3. The monoisotopic (exact) mass is 565 g/mol. The molecule has 1 aromatic carbocycles. The highest BCUT2D eigenvalue weighted by Crippen LogP contribution is 2.30. The molecule has 172 valence electrons. The second-order valence-corrected chi connectivity index (χ2v) is 8.20. The molecule has 0 unspecified atom stereocenters. The van der Waals surface area contributed by atoms with Crippen molar-refractivity contribution in [1.29, 1.82) is 0 Å². The Labute approximate surface area is 190 Å². The number of imidazole rings is 1. The molecule has 0 atom stereocenters. The molecule has 0 radical (unpaired) electrons. The van der Waals surface area contributed by atoms with E-state index in [1.54, 1.807) is 4.08 Å². The lowest BCUT2D eigenvalue weighted by Gasteiger charge is -2.21. The van der Waals surface area contributed by atoms with Crippen molar-refractivity contribution < 1.29 is 32.7 Å². The first-order valence-corrected chi connectivity index (χ1v) is 11.6. The number of carbonyl (C=O) groups is 1. The lowest BCUT2D eigenvalue weighted by atomic mass is 10.1. The van der Waals surface area contributed by atoms with Gasteiger partial charge in [0.2, 0.25) is 5.95 Å². The molecule has 0 saturated heterocycles. The molecule has 1 amide bonds. The summed E-state index contributed by atoms with van der Waals surface area (Å²) >= 11 is -0.608. The largest absolute Gasteiger partial charge is 0.394 e. The van der Waals surface area contributed by atoms with Crippen molar-refractivity contribution in [1.82, 2.24) is 15.4 Å². The Hall–Kier alpha value is -2.75. The summed E-state index contributed by atoms with van der Waals surface area (Å²) in [6, 6.07) is 1.09. The van der Waals surface area contributed by atoms with Crippen LogP contribution in [0.2, 0.25) is 0 Å². The number of allylic oxidation sites excluding steroid dienone is 2. The Morgan fingerprint density at radius 1 is 1.34 bits per heavy atom. The van der Waals surface area contributed by atoms with E-state index in [0.29, 0.717) is 0 Å². The summed E-state index contributed by atoms with van der Waals surface area (Å²) in [5, 5.41) is 12.4. The van der Waals surface area contributed by atoms with Gasteiger partial charge in [-0.1, -0.05) is 20.7 Å². The second kappa shape index (κ2) is 11.2. The van der Waals surface area contributed by atoms with Crippen molar-refractivity contribution in [3.63, 3.8) is 0 Å². The highest BCUT2D eigenvalue weighted by molar-refractivity contribution is 14.2. The topological polar surface area (TPSA) is 112 Å². The van der Waals surface area contributed by atoms with Crippen molar-refractivity contribution in [2.24, 2.45) is 0 Å². The van der Waals surface area contributed by atoms with Crippen LogP contribution in [0.5, 0.6) is 0 Å². The predicted molar refractivity (Wildman–Crippen MR) is 120 cm³/mol. The zero-order valence-corrected chi connectivity index (χ0v) is 18.8. The Morgan fingerprint density at radius 3 is 2.81 bits per heavy atom. The van der Waals surface area contributed by atoms with Gasteiger partial charge in [0.05, 0.1) is 43.8 Å². The molecule has 3 rings (SSSR count). The maximum Gasteiger partial charge on any atom is 0.277 e. The van der Waals surface area contributed by atoms with Gasteiger partial charge in [0.15, 0.2) is 17.5 Å². The van der Waals surface area contributed by atoms with Crippen LogP contribution < -0.4 is 15.9 Å². The number of hydrogen-bond acceptors (Lipinski definition) is 7. The van der Waals surface area contributed by atoms with E-state index in [4.69, 9.17) is 14.8 Å². The fraction of sp³-hybridized carbons (Fsp3) is 0.211. The minimum absolute atomic E-state index is 0.110. The van der Waals surface area contributed by atoms with Gasteiger partial charge in [0.25, 0.3) is 5.91 Å². The van der Waals surface area contributed by atoms with Crippen LogP contribution in [-0.2, 0) is 16.2 Å². The number of halogens is 4. The molecule has 13 heteroatoms. The number of nitrogens with one attached hydrogen (secondary N) is 3. The van der Waals surface area contributed by atoms with E-state index in [-0.39, 0.29) is 42.5 Å². The van der Waals surface area contributed by atoms with Gasteiger partial charge in [-0.25, -0.2) is 28.7 Å². The van der Waals surface area contributed by atoms with Gasteiger partial charge in [-0.05, 0) is 16.2 Å². The molecule has 2 aromatic rings. The third-order valence-electron chi connectivity index (χ3n) is 4.12. The van der Waals surface area contributed by atoms with Gasteiger partial charge in [-0.2, -0.15) is 0 Å². The van der Waals surface area contributed by atoms with Crippen molar-refractivity contribution in [2.45, 2.75) is 6.54 Å². The van der Waals surface area contributed by atoms with Crippen LogP contribution >= 0.6 is 20.7 Å². The zero-order chi connectivity index (χ0) is 23.1. The molecule has 1 aliphatic rings. The van der Waals surface area contributed by atoms with Crippen LogP contribution in [0.25, 0.3) is 0 Å². The number of benzene rings is 1. The molecule has 4 N–H and O–H groups in total. The predicted octanol–water partition coefficient (Wildman–Crippen LogP) is 2.80. The third kappa shape index (κ3) is 5.53. The average molecular weight is 565 g/mol. The Bertz CT molecular complexity index is 1060. The molecule has 0 aliphatic carbocycles. The number of rotatable bonds is 10. The van der Waals surface area contributed by atoms with Gasteiger partial charge < -0.3 is 15.4 Å². The van der Waals surface area contributed by atoms with Crippen molar-refractivity contribution >= 4 is 42.3 Å². The van der Waals surface area contributed by atoms with Gasteiger partial charge in [0, 0.05) is 22.0 Å². The smallest absolute Gasteiger partial charge is 0.277 e. The van der Waals surface area contributed by atoms with Crippen LogP contribution in [0.3, 0.4) is 0 Å². The van der Waals surface area contributed by atoms with E-state index in [1.165, 1.54) is 29.6 Å². The van der Waals surface area contributed by atoms with Crippen LogP contribution in [0.4, 0.5) is 24.8 Å². The lowest BCUT2D eigenvalue weighted by Crippen LogP contribution is -2.28. The minimum atomic E-state index is -1.39. The number of aromatic amines is 1. The van der Waals surface area contributed by atoms with Gasteiger partial charge >= 0.3 is 0 Å². The molecule has 1 aromatic heterocycles. The number of aliphatic hydroxyl groups excluding tert-OH is 1. The number of carbonyl (C=O) groups excluding carboxylic acids is 1. The first-order valence-electron chi connectivity index (χ1n) is 9.09. The number of anilines is 2. The van der Waals surface area contributed by atoms with Crippen molar-refractivity contribution in [3.8, 4) is 0 Å². The summed E-state index contributed by atoms with van der Waals surface area (Å²) in [7, 11) is 1.31. The Balaban J connectivity index is 2.01. The van der Waals surface area contributed by atoms with E-state index in [9.17, 15) is 13.6 Å². The van der Waals surface area contributed by atoms with E-state index in [2.05, 4.69) is 15.3 Å². The molecular weight excluding hydrogens is 546 g/mol. The minimum Gasteiger partial charge on any atom is -0.394 e. The number of hydrogen-bond donors (Lipinski definition) is 4. The summed E-state index contributed by atoms with van der Waals surface area (Å²) in [5.41, 5.74) is 0.780. The van der Waals surface area contributed by atoms with E-state index in [0.717, 1.165) is 11.1 Å². The SMILES string of the molecule is CON(Cc1cc(C(=O)NOCCO)c(NC2=C(F)C=IC=C2)c(F)c1F)c1ncc[nH]1. The van der Waals surface area contributed by atoms with Crippen molar-refractivity contribution in [3.05, 3.63) is 62.9 Å². The summed E-state index contributed by atoms with van der Waals surface area (Å²) in [4.78, 5) is 29.3. The van der Waals surface area contributed by atoms with E-state index in [1.807, 2.05) is 5.48 Å². The van der Waals surface area contributed by atoms with Gasteiger partial charge in [-0.15, -0.1) is 0 Å². The Morgan fingerprint density at radius 2 is 2.16 bits per heavy atom. The maximum atomic E-state index is 15.1. The van der Waals surface area contributed by atoms with Crippen LogP contribution in [-0.4, -0.2) is 45.3 Å². The zero-order valence-electron chi connectivity index (χ0n) is 16.7. The summed E-state index contributed by atoms with van der Waals surface area (Å²) in [6.07, 6.45) is 4.37. The van der Waals surface area contributed by atoms with Gasteiger partial charge in [-0.3, -0.25) is 14.5 Å². The highest BCUT2D eigenvalue weighted by atomic mass is 127. The molecule has 2 heterocycles. The number of hydroxylamine groups is 2. The second-order valence-electron chi connectivity index (χ2n) is 6.14. The molecule has 1 aliphatic heterocycles. The molecule has 0 spiro atoms. The molecule has 0 bridgehead atoms. The number of aliphatic hydroxyl groups is 1. The number of nitrogens with zero attached hydrogens (tertiary/aromatic N) is 2. The van der Waals surface area contributed by atoms with Crippen LogP contribution in [0.1, 0.15) is 15.9 Å². The van der Waals surface area contributed by atoms with E-state index >= 15 is 4.39 Å². The highest BCUT2D eigenvalue weighted by Gasteiger charge is 2.25. The van der Waals surface area contributed by atoms with Crippen LogP contribution in [0, 0.1) is 11.6 Å². The molecule has 0 saturated carbocycles. The third-order valence-corrected chi connectivity index (χ3v) is 5.80. The maximum absolute atomic E-state index is 15.1. The lowest BCUT2D eigenvalue weighted by molar-refractivity contribution is 0.0168. The number of amides is 1. The normalized spacial score (nSPS) is 13.2. The van der Waals surface area contributed by atoms with E-state index < -0.39 is 49.8 Å². The first-order chi connectivity index (χ1) is 15.5. The first kappa shape index (κ1) is 23.9. The Kier molecular flexibility index (Phi) is 8.38. The standard InChI is InChI=1S/C19H19F3IN5O4/c1-31-28(19-24-4-5-25-19)10-11-8-12(18(30)27-32-7-6-29)17(16(22)15(11)21)26-14-2-3-23-9-13(14)20/h2-5,8-9,26,29H,6-7,10H2,1H3,(H,24,25)(H,27,30). The van der Waals surface area contributed by atoms with Gasteiger partial charge in [0.1, 0.15) is 0 Å². The summed E-state index contributed by atoms with van der Waals surface area (Å²) in [5.74, 6) is -3.98. The molecular formula is C19H19F3IN5O4. The number of H-pyrrole nitrogens is 1. The van der Waals surface area contributed by atoms with Crippen molar-refractivity contribution in [2.75, 3.05) is 30.7 Å². The number of aromatic nitrogens is 2. The average Bonchev–Trinajstić information content (AvgIpc) is 3.32. The summed E-state index contributed by atoms with van der Waals surface area (Å²) in [6.45, 7) is -0.899. The molecule has 32 heavy (non-hydrogen) atoms. The molecule has 0 fully saturated rings.